The van der Waals surface area contributed by atoms with Gasteiger partial charge in [0.05, 0.1) is 0 Å². The zero-order valence-corrected chi connectivity index (χ0v) is 7.78. The highest BCUT2D eigenvalue weighted by Crippen LogP contribution is 2.27. The molecule has 0 aromatic heterocycles. The largest absolute Gasteiger partial charge is 0.0988 e. The highest BCUT2D eigenvalue weighted by atomic mass is 14.2. The topological polar surface area (TPSA) is 0 Å². The van der Waals surface area contributed by atoms with Crippen molar-refractivity contribution in [3.05, 3.63) is 23.8 Å². The molecule has 0 spiro atoms. The van der Waals surface area contributed by atoms with Crippen molar-refractivity contribution >= 4 is 0 Å². The summed E-state index contributed by atoms with van der Waals surface area (Å²) in [5.41, 5.74) is 3.01. The van der Waals surface area contributed by atoms with Crippen LogP contribution < -0.4 is 0 Å². The highest BCUT2D eigenvalue weighted by molar-refractivity contribution is 5.24. The Balaban J connectivity index is 4.63. The Hall–Kier alpha value is -0.520. The Labute approximate surface area is 64.6 Å². The van der Waals surface area contributed by atoms with Crippen LogP contribution in [0.25, 0.3) is 0 Å². The van der Waals surface area contributed by atoms with E-state index in [0.29, 0.717) is 0 Å². The van der Waals surface area contributed by atoms with Crippen LogP contribution >= 0.6 is 0 Å². The summed E-state index contributed by atoms with van der Waals surface area (Å²) in [7, 11) is 0. The van der Waals surface area contributed by atoms with Gasteiger partial charge in [-0.25, -0.2) is 0 Å². The van der Waals surface area contributed by atoms with Gasteiger partial charge in [0.15, 0.2) is 0 Å². The van der Waals surface area contributed by atoms with E-state index in [1.165, 1.54) is 11.1 Å². The quantitative estimate of drug-likeness (QED) is 0.486. The zero-order chi connectivity index (χ0) is 8.36. The summed E-state index contributed by atoms with van der Waals surface area (Å²) in [6, 6.07) is 0. The molecule has 0 aromatic carbocycles. The maximum Gasteiger partial charge on any atom is -0.0170 e. The molecule has 0 N–H and O–H groups in total. The Morgan fingerprint density at radius 2 is 1.60 bits per heavy atom. The highest BCUT2D eigenvalue weighted by Gasteiger charge is 2.13. The number of hydrogen-bond donors (Lipinski definition) is 0. The van der Waals surface area contributed by atoms with Crippen LogP contribution in [0.5, 0.6) is 0 Å². The van der Waals surface area contributed by atoms with Gasteiger partial charge in [-0.3, -0.25) is 0 Å². The second-order valence-electron chi connectivity index (χ2n) is 3.76. The van der Waals surface area contributed by atoms with Crippen LogP contribution in [0, 0.1) is 5.41 Å². The second kappa shape index (κ2) is 3.05. The Morgan fingerprint density at radius 3 is 1.70 bits per heavy atom. The smallest absolute Gasteiger partial charge is 0.0170 e. The molecule has 0 aliphatic rings. The van der Waals surface area contributed by atoms with Crippen molar-refractivity contribution in [3.8, 4) is 0 Å². The molecule has 0 fully saturated rings. The van der Waals surface area contributed by atoms with Gasteiger partial charge in [-0.15, -0.1) is 0 Å². The summed E-state index contributed by atoms with van der Waals surface area (Å²) < 4.78 is 0. The van der Waals surface area contributed by atoms with E-state index >= 15 is 0 Å². The van der Waals surface area contributed by atoms with Gasteiger partial charge in [0.2, 0.25) is 0 Å². The Bertz CT molecular complexity index is 153. The minimum absolute atomic E-state index is 0.290. The molecule has 0 aliphatic heterocycles. The monoisotopic (exact) mass is 138 g/mol. The molecule has 0 radical (unpaired) electrons. The van der Waals surface area contributed by atoms with Crippen LogP contribution in [0.2, 0.25) is 0 Å². The lowest BCUT2D eigenvalue weighted by atomic mass is 9.85. The predicted octanol–water partition coefficient (Wildman–Crippen LogP) is 3.55. The van der Waals surface area contributed by atoms with Gasteiger partial charge in [0.25, 0.3) is 0 Å². The molecule has 0 saturated carbocycles. The van der Waals surface area contributed by atoms with Gasteiger partial charge < -0.3 is 0 Å². The van der Waals surface area contributed by atoms with E-state index in [4.69, 9.17) is 0 Å². The van der Waals surface area contributed by atoms with E-state index in [-0.39, 0.29) is 5.41 Å². The van der Waals surface area contributed by atoms with Gasteiger partial charge in [0.1, 0.15) is 0 Å². The molecule has 0 atom stereocenters. The van der Waals surface area contributed by atoms with Crippen LogP contribution in [0.4, 0.5) is 0 Å². The van der Waals surface area contributed by atoms with E-state index in [1.54, 1.807) is 0 Å². The third-order valence-corrected chi connectivity index (χ3v) is 2.02. The lowest BCUT2D eigenvalue weighted by molar-refractivity contribution is 0.500. The summed E-state index contributed by atoms with van der Waals surface area (Å²) in [5, 5.41) is 0. The minimum atomic E-state index is 0.290. The molecule has 0 heterocycles. The molecule has 10 heavy (non-hydrogen) atoms. The van der Waals surface area contributed by atoms with Crippen LogP contribution in [0.3, 0.4) is 0 Å². The van der Waals surface area contributed by atoms with Crippen molar-refractivity contribution in [3.63, 3.8) is 0 Å². The third-order valence-electron chi connectivity index (χ3n) is 2.02. The SMILES string of the molecule is C=C/C(C)=C(\C)C(C)(C)C. The third kappa shape index (κ3) is 2.38. The van der Waals surface area contributed by atoms with Crippen molar-refractivity contribution in [2.45, 2.75) is 34.6 Å². The molecule has 0 unspecified atom stereocenters. The first kappa shape index (κ1) is 9.48. The van der Waals surface area contributed by atoms with E-state index in [9.17, 15) is 0 Å². The first-order valence-electron chi connectivity index (χ1n) is 3.70. The molecular formula is C10H18. The fraction of sp³-hybridized carbons (Fsp3) is 0.600. The molecule has 0 aliphatic carbocycles. The molecule has 0 nitrogen and oxygen atoms in total. The predicted molar refractivity (Wildman–Crippen MR) is 48.0 cm³/mol. The number of rotatable bonds is 1. The van der Waals surface area contributed by atoms with Crippen LogP contribution in [-0.2, 0) is 0 Å². The summed E-state index contributed by atoms with van der Waals surface area (Å²) in [6.45, 7) is 14.7. The molecule has 0 rings (SSSR count). The molecule has 58 valence electrons. The van der Waals surface area contributed by atoms with Crippen molar-refractivity contribution in [1.29, 1.82) is 0 Å². The van der Waals surface area contributed by atoms with Gasteiger partial charge >= 0.3 is 0 Å². The van der Waals surface area contributed by atoms with E-state index < -0.39 is 0 Å². The summed E-state index contributed by atoms with van der Waals surface area (Å²) in [4.78, 5) is 0. The van der Waals surface area contributed by atoms with Gasteiger partial charge in [-0.05, 0) is 19.3 Å². The maximum atomic E-state index is 3.74. The van der Waals surface area contributed by atoms with E-state index in [1.807, 2.05) is 6.08 Å². The standard InChI is InChI=1S/C10H18/c1-7-8(2)9(3)10(4,5)6/h7H,1H2,2-6H3/b9-8+. The second-order valence-corrected chi connectivity index (χ2v) is 3.76. The lowest BCUT2D eigenvalue weighted by Crippen LogP contribution is -2.07. The normalized spacial score (nSPS) is 14.5. The van der Waals surface area contributed by atoms with Crippen molar-refractivity contribution in [1.82, 2.24) is 0 Å². The summed E-state index contributed by atoms with van der Waals surface area (Å²) >= 11 is 0. The molecular weight excluding hydrogens is 120 g/mol. The van der Waals surface area contributed by atoms with Gasteiger partial charge in [-0.1, -0.05) is 44.6 Å². The average Bonchev–Trinajstić information content (AvgIpc) is 1.83. The van der Waals surface area contributed by atoms with Crippen LogP contribution in [0.1, 0.15) is 34.6 Å². The van der Waals surface area contributed by atoms with Crippen molar-refractivity contribution < 1.29 is 0 Å². The van der Waals surface area contributed by atoms with E-state index in [0.717, 1.165) is 0 Å². The van der Waals surface area contributed by atoms with E-state index in [2.05, 4.69) is 41.2 Å². The maximum absolute atomic E-state index is 3.74. The molecule has 0 amide bonds. The fourth-order valence-electron chi connectivity index (χ4n) is 0.745. The molecule has 0 heteroatoms. The Kier molecular flexibility index (Phi) is 2.89. The first-order valence-corrected chi connectivity index (χ1v) is 3.70. The zero-order valence-electron chi connectivity index (χ0n) is 7.78. The molecule has 0 saturated heterocycles. The Morgan fingerprint density at radius 1 is 1.20 bits per heavy atom. The van der Waals surface area contributed by atoms with Crippen LogP contribution in [0.15, 0.2) is 23.8 Å². The number of hydrogen-bond acceptors (Lipinski definition) is 0. The first-order chi connectivity index (χ1) is 4.39. The molecule has 0 bridgehead atoms. The van der Waals surface area contributed by atoms with Crippen molar-refractivity contribution in [2.75, 3.05) is 0 Å². The lowest BCUT2D eigenvalue weighted by Gasteiger charge is -2.21. The summed E-state index contributed by atoms with van der Waals surface area (Å²) in [5.74, 6) is 0. The van der Waals surface area contributed by atoms with Gasteiger partial charge in [-0.2, -0.15) is 0 Å². The van der Waals surface area contributed by atoms with Gasteiger partial charge in [0, 0.05) is 0 Å². The molecule has 0 aromatic rings. The fourth-order valence-corrected chi connectivity index (χ4v) is 0.745. The minimum Gasteiger partial charge on any atom is -0.0988 e. The van der Waals surface area contributed by atoms with Crippen LogP contribution in [-0.4, -0.2) is 0 Å². The average molecular weight is 138 g/mol. The number of allylic oxidation sites excluding steroid dienone is 3. The summed E-state index contributed by atoms with van der Waals surface area (Å²) in [6.07, 6.45) is 1.92. The van der Waals surface area contributed by atoms with Crippen molar-refractivity contribution in [2.24, 2.45) is 5.41 Å².